The minimum Gasteiger partial charge on any atom is -0.378 e. The van der Waals surface area contributed by atoms with Gasteiger partial charge in [0.1, 0.15) is 0 Å². The van der Waals surface area contributed by atoms with E-state index in [2.05, 4.69) is 17.1 Å². The van der Waals surface area contributed by atoms with Gasteiger partial charge < -0.3 is 15.0 Å². The summed E-state index contributed by atoms with van der Waals surface area (Å²) in [4.78, 5) is 8.48. The minimum atomic E-state index is 0.577. The van der Waals surface area contributed by atoms with Crippen LogP contribution in [0.5, 0.6) is 0 Å². The van der Waals surface area contributed by atoms with Crippen LogP contribution in [0.4, 0.5) is 5.13 Å². The predicted octanol–water partition coefficient (Wildman–Crippen LogP) is 1.95. The maximum Gasteiger partial charge on any atom is 0.186 e. The summed E-state index contributed by atoms with van der Waals surface area (Å²) in [5, 5.41) is 4.36. The van der Waals surface area contributed by atoms with E-state index in [1.54, 1.807) is 18.4 Å². The number of aromatic nitrogens is 1. The van der Waals surface area contributed by atoms with Crippen LogP contribution in [0.1, 0.15) is 17.5 Å². The Morgan fingerprint density at radius 3 is 3.06 bits per heavy atom. The van der Waals surface area contributed by atoms with Gasteiger partial charge in [-0.2, -0.15) is 11.8 Å². The van der Waals surface area contributed by atoms with E-state index in [0.29, 0.717) is 12.6 Å². The molecule has 6 heteroatoms. The van der Waals surface area contributed by atoms with Gasteiger partial charge in [-0.25, -0.2) is 4.98 Å². The Bertz CT molecular complexity index is 360. The van der Waals surface area contributed by atoms with Crippen LogP contribution >= 0.6 is 23.1 Å². The number of hydrogen-bond acceptors (Lipinski definition) is 6. The quantitative estimate of drug-likeness (QED) is 0.896. The highest BCUT2D eigenvalue weighted by Gasteiger charge is 2.23. The van der Waals surface area contributed by atoms with Crippen molar-refractivity contribution in [1.82, 2.24) is 10.3 Å². The van der Waals surface area contributed by atoms with Gasteiger partial charge in [0.15, 0.2) is 5.13 Å². The van der Waals surface area contributed by atoms with Crippen LogP contribution < -0.4 is 10.2 Å². The molecule has 1 saturated heterocycles. The predicted molar refractivity (Wildman–Crippen MR) is 79.7 cm³/mol. The molecule has 0 spiro atoms. The van der Waals surface area contributed by atoms with Crippen LogP contribution in [0.25, 0.3) is 0 Å². The van der Waals surface area contributed by atoms with Gasteiger partial charge >= 0.3 is 0 Å². The van der Waals surface area contributed by atoms with E-state index in [4.69, 9.17) is 9.72 Å². The molecule has 1 aromatic heterocycles. The zero-order valence-corrected chi connectivity index (χ0v) is 12.9. The summed E-state index contributed by atoms with van der Waals surface area (Å²) in [6.45, 7) is 4.85. The number of thioether (sulfide) groups is 1. The van der Waals surface area contributed by atoms with Gasteiger partial charge in [0.2, 0.25) is 0 Å². The average molecular weight is 287 g/mol. The lowest BCUT2D eigenvalue weighted by atomic mass is 10.3. The highest BCUT2D eigenvalue weighted by molar-refractivity contribution is 7.99. The molecule has 0 saturated carbocycles. The Morgan fingerprint density at radius 2 is 2.39 bits per heavy atom. The highest BCUT2D eigenvalue weighted by Crippen LogP contribution is 2.30. The molecule has 0 aromatic carbocycles. The molecular formula is C12H21N3OS2. The maximum atomic E-state index is 5.24. The molecule has 1 aliphatic heterocycles. The molecule has 2 heterocycles. The standard InChI is InChI=1S/C12H21N3OS2/c1-9-8-17-5-4-15(9)12-14-10(7-16-3)11(18-12)6-13-2/h9,13H,4-8H2,1-3H3. The number of hydrogen-bond donors (Lipinski definition) is 1. The topological polar surface area (TPSA) is 37.4 Å². The Kier molecular flexibility index (Phi) is 5.29. The molecule has 4 nitrogen and oxygen atoms in total. The van der Waals surface area contributed by atoms with Crippen molar-refractivity contribution < 1.29 is 4.74 Å². The van der Waals surface area contributed by atoms with Gasteiger partial charge in [0, 0.05) is 42.6 Å². The van der Waals surface area contributed by atoms with Crippen LogP contribution in [0.3, 0.4) is 0 Å². The first-order chi connectivity index (χ1) is 8.76. The van der Waals surface area contributed by atoms with Crippen LogP contribution in [0, 0.1) is 0 Å². The van der Waals surface area contributed by atoms with Crippen molar-refractivity contribution in [2.24, 2.45) is 0 Å². The third kappa shape index (κ3) is 3.17. The summed E-state index contributed by atoms with van der Waals surface area (Å²) in [7, 11) is 3.69. The molecule has 102 valence electrons. The van der Waals surface area contributed by atoms with Gasteiger partial charge in [-0.05, 0) is 14.0 Å². The van der Waals surface area contributed by atoms with Crippen molar-refractivity contribution >= 4 is 28.2 Å². The smallest absolute Gasteiger partial charge is 0.186 e. The first kappa shape index (κ1) is 14.1. The third-order valence-corrected chi connectivity index (χ3v) is 5.32. The average Bonchev–Trinajstić information content (AvgIpc) is 2.74. The lowest BCUT2D eigenvalue weighted by molar-refractivity contribution is 0.181. The molecule has 1 aromatic rings. The Morgan fingerprint density at radius 1 is 1.56 bits per heavy atom. The zero-order valence-electron chi connectivity index (χ0n) is 11.2. The van der Waals surface area contributed by atoms with Crippen molar-refractivity contribution in [3.63, 3.8) is 0 Å². The third-order valence-electron chi connectivity index (χ3n) is 3.00. The van der Waals surface area contributed by atoms with Crippen LogP contribution in [-0.2, 0) is 17.9 Å². The summed E-state index contributed by atoms with van der Waals surface area (Å²) in [6.07, 6.45) is 0. The first-order valence-corrected chi connectivity index (χ1v) is 8.20. The Hall–Kier alpha value is -0.300. The van der Waals surface area contributed by atoms with Gasteiger partial charge in [-0.15, -0.1) is 11.3 Å². The monoisotopic (exact) mass is 287 g/mol. The molecule has 2 rings (SSSR count). The number of thiazole rings is 1. The second-order valence-corrected chi connectivity index (χ2v) is 6.66. The molecule has 1 atom stereocenters. The summed E-state index contributed by atoms with van der Waals surface area (Å²) in [5.41, 5.74) is 1.08. The molecule has 0 radical (unpaired) electrons. The second-order valence-electron chi connectivity index (χ2n) is 4.45. The molecule has 0 bridgehead atoms. The summed E-state index contributed by atoms with van der Waals surface area (Å²) < 4.78 is 5.24. The van der Waals surface area contributed by atoms with E-state index in [0.717, 1.165) is 23.9 Å². The molecule has 18 heavy (non-hydrogen) atoms. The van der Waals surface area contributed by atoms with Crippen molar-refractivity contribution in [1.29, 1.82) is 0 Å². The fourth-order valence-electron chi connectivity index (χ4n) is 2.05. The fourth-order valence-corrected chi connectivity index (χ4v) is 4.27. The summed E-state index contributed by atoms with van der Waals surface area (Å²) >= 11 is 3.83. The van der Waals surface area contributed by atoms with Gasteiger partial charge in [0.25, 0.3) is 0 Å². The van der Waals surface area contributed by atoms with Crippen LogP contribution in [-0.4, -0.2) is 43.2 Å². The molecule has 1 N–H and O–H groups in total. The van der Waals surface area contributed by atoms with Gasteiger partial charge in [0.05, 0.1) is 12.3 Å². The second kappa shape index (κ2) is 6.75. The van der Waals surface area contributed by atoms with Crippen molar-refractivity contribution in [2.75, 3.05) is 37.1 Å². The summed E-state index contributed by atoms with van der Waals surface area (Å²) in [6, 6.07) is 0.577. The molecule has 0 amide bonds. The van der Waals surface area contributed by atoms with Gasteiger partial charge in [-0.3, -0.25) is 0 Å². The first-order valence-electron chi connectivity index (χ1n) is 6.22. The van der Waals surface area contributed by atoms with E-state index in [1.165, 1.54) is 16.4 Å². The Balaban J connectivity index is 2.18. The molecule has 1 unspecified atom stereocenters. The molecular weight excluding hydrogens is 266 g/mol. The van der Waals surface area contributed by atoms with Crippen molar-refractivity contribution in [3.05, 3.63) is 10.6 Å². The number of methoxy groups -OCH3 is 1. The molecule has 0 aliphatic carbocycles. The van der Waals surface area contributed by atoms with Gasteiger partial charge in [-0.1, -0.05) is 0 Å². The van der Waals surface area contributed by atoms with Crippen LogP contribution in [0.2, 0.25) is 0 Å². The largest absolute Gasteiger partial charge is 0.378 e. The van der Waals surface area contributed by atoms with Crippen molar-refractivity contribution in [2.45, 2.75) is 26.1 Å². The normalized spacial score (nSPS) is 20.4. The van der Waals surface area contributed by atoms with E-state index >= 15 is 0 Å². The van der Waals surface area contributed by atoms with E-state index in [9.17, 15) is 0 Å². The maximum absolute atomic E-state index is 5.24. The van der Waals surface area contributed by atoms with E-state index in [1.807, 2.05) is 18.8 Å². The highest BCUT2D eigenvalue weighted by atomic mass is 32.2. The SMILES string of the molecule is CNCc1sc(N2CCSCC2C)nc1COC. The Labute approximate surface area is 117 Å². The molecule has 1 aliphatic rings. The number of ether oxygens (including phenoxy) is 1. The van der Waals surface area contributed by atoms with Crippen LogP contribution in [0.15, 0.2) is 0 Å². The number of rotatable bonds is 5. The lowest BCUT2D eigenvalue weighted by Gasteiger charge is -2.32. The number of nitrogens with zero attached hydrogens (tertiary/aromatic N) is 2. The number of nitrogens with one attached hydrogen (secondary N) is 1. The van der Waals surface area contributed by atoms with Crippen molar-refractivity contribution in [3.8, 4) is 0 Å². The van der Waals surface area contributed by atoms with E-state index < -0.39 is 0 Å². The molecule has 1 fully saturated rings. The minimum absolute atomic E-state index is 0.577. The lowest BCUT2D eigenvalue weighted by Crippen LogP contribution is -2.40. The fraction of sp³-hybridized carbons (Fsp3) is 0.750. The zero-order chi connectivity index (χ0) is 13.0. The summed E-state index contributed by atoms with van der Waals surface area (Å²) in [5.74, 6) is 2.39. The number of anilines is 1. The van der Waals surface area contributed by atoms with E-state index in [-0.39, 0.29) is 0 Å².